The van der Waals surface area contributed by atoms with E-state index in [-0.39, 0.29) is 22.7 Å². The Morgan fingerprint density at radius 3 is 2.10 bits per heavy atom. The van der Waals surface area contributed by atoms with Gasteiger partial charge in [0.2, 0.25) is 5.91 Å². The van der Waals surface area contributed by atoms with Crippen molar-refractivity contribution in [2.45, 2.75) is 47.6 Å². The Hall–Kier alpha value is -1.35. The van der Waals surface area contributed by atoms with Gasteiger partial charge in [-0.1, -0.05) is 46.8 Å². The Morgan fingerprint density at radius 1 is 1.14 bits per heavy atom. The number of nitrogens with one attached hydrogen (secondary N) is 2. The van der Waals surface area contributed by atoms with Crippen molar-refractivity contribution in [1.82, 2.24) is 5.32 Å². The zero-order chi connectivity index (χ0) is 15.8. The first kappa shape index (κ1) is 16.0. The smallest absolute Gasteiger partial charge is 0.228 e. The SMILES string of the molecule is CCNC(C)c1ccc(NC(=O)C2C(C)(C)C2(C)C)cc1. The molecular weight excluding hydrogens is 260 g/mol. The van der Waals surface area contributed by atoms with Crippen LogP contribution in [0.25, 0.3) is 0 Å². The maximum absolute atomic E-state index is 12.4. The molecule has 0 saturated heterocycles. The van der Waals surface area contributed by atoms with E-state index in [4.69, 9.17) is 0 Å². The third-order valence-corrected chi connectivity index (χ3v) is 5.47. The molecule has 1 aromatic carbocycles. The van der Waals surface area contributed by atoms with Crippen molar-refractivity contribution < 1.29 is 4.79 Å². The summed E-state index contributed by atoms with van der Waals surface area (Å²) in [7, 11) is 0. The van der Waals surface area contributed by atoms with Crippen LogP contribution in [0.3, 0.4) is 0 Å². The van der Waals surface area contributed by atoms with Crippen LogP contribution < -0.4 is 10.6 Å². The zero-order valence-corrected chi connectivity index (χ0v) is 14.1. The number of benzene rings is 1. The van der Waals surface area contributed by atoms with Crippen LogP contribution in [-0.4, -0.2) is 12.5 Å². The first-order chi connectivity index (χ1) is 9.71. The first-order valence-corrected chi connectivity index (χ1v) is 7.86. The van der Waals surface area contributed by atoms with Crippen LogP contribution in [0.2, 0.25) is 0 Å². The Morgan fingerprint density at radius 2 is 1.67 bits per heavy atom. The summed E-state index contributed by atoms with van der Waals surface area (Å²) in [5.74, 6) is 0.225. The number of carbonyl (C=O) groups is 1. The second kappa shape index (κ2) is 5.45. The predicted molar refractivity (Wildman–Crippen MR) is 88.2 cm³/mol. The molecule has 1 aliphatic rings. The molecule has 0 spiro atoms. The Kier molecular flexibility index (Phi) is 4.16. The number of amides is 1. The summed E-state index contributed by atoms with van der Waals surface area (Å²) in [6, 6.07) is 8.46. The molecule has 2 N–H and O–H groups in total. The standard InChI is InChI=1S/C18H28N2O/c1-7-19-12(2)13-8-10-14(11-9-13)20-16(21)15-17(3,4)18(15,5)6/h8-12,15,19H,7H2,1-6H3,(H,20,21). The van der Waals surface area contributed by atoms with E-state index in [1.807, 2.05) is 12.1 Å². The highest BCUT2D eigenvalue weighted by atomic mass is 16.2. The molecule has 1 saturated carbocycles. The van der Waals surface area contributed by atoms with E-state index >= 15 is 0 Å². The van der Waals surface area contributed by atoms with E-state index in [9.17, 15) is 4.79 Å². The molecule has 116 valence electrons. The third-order valence-electron chi connectivity index (χ3n) is 5.47. The molecule has 0 bridgehead atoms. The molecule has 3 nitrogen and oxygen atoms in total. The number of carbonyl (C=O) groups excluding carboxylic acids is 1. The highest BCUT2D eigenvalue weighted by molar-refractivity contribution is 5.96. The van der Waals surface area contributed by atoms with E-state index in [1.54, 1.807) is 0 Å². The molecule has 3 heteroatoms. The molecule has 0 radical (unpaired) electrons. The van der Waals surface area contributed by atoms with Crippen molar-refractivity contribution in [3.05, 3.63) is 29.8 Å². The van der Waals surface area contributed by atoms with Crippen molar-refractivity contribution in [1.29, 1.82) is 0 Å². The second-order valence-corrected chi connectivity index (χ2v) is 7.27. The highest BCUT2D eigenvalue weighted by Crippen LogP contribution is 2.68. The van der Waals surface area contributed by atoms with Gasteiger partial charge in [0, 0.05) is 17.6 Å². The number of rotatable bonds is 5. The van der Waals surface area contributed by atoms with Gasteiger partial charge in [0.15, 0.2) is 0 Å². The molecule has 1 aromatic rings. The van der Waals surface area contributed by atoms with E-state index in [0.29, 0.717) is 6.04 Å². The molecule has 1 aliphatic carbocycles. The van der Waals surface area contributed by atoms with Gasteiger partial charge in [0.05, 0.1) is 0 Å². The fourth-order valence-electron chi connectivity index (χ4n) is 3.35. The summed E-state index contributed by atoms with van der Waals surface area (Å²) < 4.78 is 0. The van der Waals surface area contributed by atoms with Gasteiger partial charge in [-0.3, -0.25) is 4.79 Å². The van der Waals surface area contributed by atoms with Gasteiger partial charge in [-0.15, -0.1) is 0 Å². The number of anilines is 1. The van der Waals surface area contributed by atoms with Crippen LogP contribution in [0.5, 0.6) is 0 Å². The van der Waals surface area contributed by atoms with Crippen LogP contribution in [-0.2, 0) is 4.79 Å². The fourth-order valence-corrected chi connectivity index (χ4v) is 3.35. The van der Waals surface area contributed by atoms with Crippen LogP contribution in [0.15, 0.2) is 24.3 Å². The largest absolute Gasteiger partial charge is 0.326 e. The van der Waals surface area contributed by atoms with Crippen LogP contribution in [0, 0.1) is 16.7 Å². The molecule has 1 fully saturated rings. The minimum atomic E-state index is 0.0799. The van der Waals surface area contributed by atoms with E-state index in [0.717, 1.165) is 12.2 Å². The minimum Gasteiger partial charge on any atom is -0.326 e. The predicted octanol–water partition coefficient (Wildman–Crippen LogP) is 3.98. The maximum atomic E-state index is 12.4. The summed E-state index contributed by atoms with van der Waals surface area (Å²) in [6.07, 6.45) is 0. The van der Waals surface area contributed by atoms with Crippen LogP contribution in [0.4, 0.5) is 5.69 Å². The normalized spacial score (nSPS) is 20.9. The lowest BCUT2D eigenvalue weighted by atomic mass is 10.0. The second-order valence-electron chi connectivity index (χ2n) is 7.27. The summed E-state index contributed by atoms with van der Waals surface area (Å²) in [5.41, 5.74) is 2.28. The molecule has 0 aromatic heterocycles. The zero-order valence-electron chi connectivity index (χ0n) is 14.1. The fraction of sp³-hybridized carbons (Fsp3) is 0.611. The van der Waals surface area contributed by atoms with E-state index in [2.05, 4.69) is 64.3 Å². The lowest BCUT2D eigenvalue weighted by molar-refractivity contribution is -0.118. The topological polar surface area (TPSA) is 41.1 Å². The van der Waals surface area contributed by atoms with Crippen molar-refractivity contribution in [2.75, 3.05) is 11.9 Å². The van der Waals surface area contributed by atoms with Gasteiger partial charge in [-0.25, -0.2) is 0 Å². The summed E-state index contributed by atoms with van der Waals surface area (Å²) in [6.45, 7) is 13.9. The molecule has 2 rings (SSSR count). The van der Waals surface area contributed by atoms with Crippen molar-refractivity contribution in [3.63, 3.8) is 0 Å². The lowest BCUT2D eigenvalue weighted by Gasteiger charge is -2.13. The van der Waals surface area contributed by atoms with Crippen LogP contribution in [0.1, 0.15) is 53.1 Å². The maximum Gasteiger partial charge on any atom is 0.228 e. The van der Waals surface area contributed by atoms with Crippen molar-refractivity contribution in [3.8, 4) is 0 Å². The average molecular weight is 288 g/mol. The van der Waals surface area contributed by atoms with Crippen LogP contribution >= 0.6 is 0 Å². The molecular formula is C18H28N2O. The van der Waals surface area contributed by atoms with Gasteiger partial charge in [0.25, 0.3) is 0 Å². The first-order valence-electron chi connectivity index (χ1n) is 7.86. The molecule has 1 atom stereocenters. The van der Waals surface area contributed by atoms with Gasteiger partial charge in [0.1, 0.15) is 0 Å². The molecule has 1 amide bonds. The number of hydrogen-bond donors (Lipinski definition) is 2. The van der Waals surface area contributed by atoms with E-state index < -0.39 is 0 Å². The summed E-state index contributed by atoms with van der Waals surface area (Å²) in [4.78, 5) is 12.4. The monoisotopic (exact) mass is 288 g/mol. The Bertz CT molecular complexity index is 503. The highest BCUT2D eigenvalue weighted by Gasteiger charge is 2.68. The molecule has 0 aliphatic heterocycles. The summed E-state index contributed by atoms with van der Waals surface area (Å²) >= 11 is 0. The summed E-state index contributed by atoms with van der Waals surface area (Å²) in [5, 5.41) is 6.44. The van der Waals surface area contributed by atoms with Gasteiger partial charge in [-0.05, 0) is 42.0 Å². The molecule has 21 heavy (non-hydrogen) atoms. The van der Waals surface area contributed by atoms with E-state index in [1.165, 1.54) is 5.56 Å². The third kappa shape index (κ3) is 2.84. The molecule has 1 unspecified atom stereocenters. The van der Waals surface area contributed by atoms with Gasteiger partial charge < -0.3 is 10.6 Å². The number of hydrogen-bond acceptors (Lipinski definition) is 2. The minimum absolute atomic E-state index is 0.0799. The quantitative estimate of drug-likeness (QED) is 0.860. The average Bonchev–Trinajstić information content (AvgIpc) is 2.80. The van der Waals surface area contributed by atoms with Crippen molar-refractivity contribution >= 4 is 11.6 Å². The molecule has 0 heterocycles. The van der Waals surface area contributed by atoms with Crippen molar-refractivity contribution in [2.24, 2.45) is 16.7 Å². The van der Waals surface area contributed by atoms with Gasteiger partial charge in [-0.2, -0.15) is 0 Å². The lowest BCUT2D eigenvalue weighted by Crippen LogP contribution is -2.19. The Labute approximate surface area is 128 Å². The Balaban J connectivity index is 2.00. The van der Waals surface area contributed by atoms with Gasteiger partial charge >= 0.3 is 0 Å².